The number of rotatable bonds is 12. The van der Waals surface area contributed by atoms with Gasteiger partial charge in [-0.15, -0.1) is 0 Å². The van der Waals surface area contributed by atoms with Crippen LogP contribution in [0.4, 0.5) is 5.69 Å². The first-order valence-electron chi connectivity index (χ1n) is 9.01. The molecular formula is C20H30N2O2. The summed E-state index contributed by atoms with van der Waals surface area (Å²) >= 11 is 0. The van der Waals surface area contributed by atoms with E-state index in [1.54, 1.807) is 18.2 Å². The number of para-hydroxylation sites is 1. The third-order valence-electron chi connectivity index (χ3n) is 3.62. The number of hydrogen-bond acceptors (Lipinski definition) is 4. The van der Waals surface area contributed by atoms with E-state index in [4.69, 9.17) is 0 Å². The molecule has 4 nitrogen and oxygen atoms in total. The van der Waals surface area contributed by atoms with Crippen molar-refractivity contribution in [3.05, 3.63) is 30.3 Å². The molecule has 0 saturated carbocycles. The fourth-order valence-corrected chi connectivity index (χ4v) is 2.28. The third kappa shape index (κ3) is 16.4. The van der Waals surface area contributed by atoms with Crippen LogP contribution in [0.15, 0.2) is 40.3 Å². The molecule has 0 radical (unpaired) electrons. The lowest BCUT2D eigenvalue weighted by molar-refractivity contribution is 0.552. The molecule has 1 rings (SSSR count). The van der Waals surface area contributed by atoms with E-state index in [1.807, 2.05) is 18.2 Å². The van der Waals surface area contributed by atoms with Gasteiger partial charge in [0, 0.05) is 0 Å². The van der Waals surface area contributed by atoms with Crippen LogP contribution >= 0.6 is 0 Å². The molecule has 0 aliphatic heterocycles. The van der Waals surface area contributed by atoms with Gasteiger partial charge in [0.05, 0.1) is 12.2 Å². The van der Waals surface area contributed by atoms with E-state index in [0.717, 1.165) is 6.42 Å². The number of benzene rings is 1. The maximum Gasteiger partial charge on any atom is 0.240 e. The highest BCUT2D eigenvalue weighted by molar-refractivity contribution is 5.47. The molecule has 0 fully saturated rings. The summed E-state index contributed by atoms with van der Waals surface area (Å²) < 4.78 is 0. The summed E-state index contributed by atoms with van der Waals surface area (Å²) in [4.78, 5) is 26.4. The summed E-state index contributed by atoms with van der Waals surface area (Å²) in [6, 6.07) is 8.98. The average molecular weight is 330 g/mol. The lowest BCUT2D eigenvalue weighted by atomic mass is 10.1. The zero-order valence-electron chi connectivity index (χ0n) is 14.9. The lowest BCUT2D eigenvalue weighted by Crippen LogP contribution is -1.83. The van der Waals surface area contributed by atoms with Crippen LogP contribution in [0.1, 0.15) is 71.1 Å². The highest BCUT2D eigenvalue weighted by atomic mass is 16.1. The van der Waals surface area contributed by atoms with Crippen LogP contribution in [-0.4, -0.2) is 18.7 Å². The van der Waals surface area contributed by atoms with Crippen LogP contribution in [0.25, 0.3) is 0 Å². The van der Waals surface area contributed by atoms with E-state index in [1.165, 1.54) is 63.9 Å². The number of carbonyl (C=O) groups excluding carboxylic acids is 2. The molecule has 0 bridgehead atoms. The van der Waals surface area contributed by atoms with Crippen molar-refractivity contribution in [3.63, 3.8) is 0 Å². The largest absolute Gasteiger partial charge is 0.240 e. The number of hydrogen-bond donors (Lipinski definition) is 0. The Hall–Kier alpha value is -2.02. The van der Waals surface area contributed by atoms with E-state index in [-0.39, 0.29) is 0 Å². The quantitative estimate of drug-likeness (QED) is 0.272. The van der Waals surface area contributed by atoms with Gasteiger partial charge in [-0.1, -0.05) is 82.9 Å². The molecule has 0 unspecified atom stereocenters. The van der Waals surface area contributed by atoms with Gasteiger partial charge in [-0.3, -0.25) is 0 Å². The van der Waals surface area contributed by atoms with Gasteiger partial charge < -0.3 is 0 Å². The van der Waals surface area contributed by atoms with E-state index < -0.39 is 0 Å². The summed E-state index contributed by atoms with van der Waals surface area (Å²) in [6.07, 6.45) is 16.2. The first-order chi connectivity index (χ1) is 11.8. The second-order valence-corrected chi connectivity index (χ2v) is 5.69. The lowest BCUT2D eigenvalue weighted by Gasteiger charge is -2.00. The predicted octanol–water partition coefficient (Wildman–Crippen LogP) is 5.90. The summed E-state index contributed by atoms with van der Waals surface area (Å²) in [5.74, 6) is 0. The van der Waals surface area contributed by atoms with Crippen molar-refractivity contribution in [2.24, 2.45) is 9.98 Å². The number of aliphatic imine (C=N–C) groups is 2. The minimum absolute atomic E-state index is 0.646. The highest BCUT2D eigenvalue weighted by Gasteiger charge is 1.91. The molecule has 0 heterocycles. The van der Waals surface area contributed by atoms with Crippen LogP contribution in [-0.2, 0) is 9.59 Å². The molecule has 1 aromatic carbocycles. The maximum absolute atomic E-state index is 9.77. The Morgan fingerprint density at radius 2 is 1.29 bits per heavy atom. The average Bonchev–Trinajstić information content (AvgIpc) is 2.61. The SMILES string of the molecule is CCCCCCCCCCCCN=C=O.O=C=Nc1ccccc1. The number of unbranched alkanes of at least 4 members (excludes halogenated alkanes) is 9. The molecule has 0 atom stereocenters. The molecule has 0 amide bonds. The Morgan fingerprint density at radius 3 is 1.79 bits per heavy atom. The summed E-state index contributed by atoms with van der Waals surface area (Å²) in [7, 11) is 0. The van der Waals surface area contributed by atoms with Crippen LogP contribution in [0.3, 0.4) is 0 Å². The van der Waals surface area contributed by atoms with Crippen LogP contribution in [0, 0.1) is 0 Å². The highest BCUT2D eigenvalue weighted by Crippen LogP contribution is 2.10. The predicted molar refractivity (Wildman–Crippen MR) is 99.1 cm³/mol. The molecule has 132 valence electrons. The Morgan fingerprint density at radius 1 is 0.750 bits per heavy atom. The van der Waals surface area contributed by atoms with E-state index >= 15 is 0 Å². The van der Waals surface area contributed by atoms with Gasteiger partial charge >= 0.3 is 0 Å². The van der Waals surface area contributed by atoms with E-state index in [2.05, 4.69) is 16.9 Å². The van der Waals surface area contributed by atoms with E-state index in [9.17, 15) is 9.59 Å². The molecule has 0 saturated heterocycles. The fourth-order valence-electron chi connectivity index (χ4n) is 2.28. The molecule has 0 aromatic heterocycles. The van der Waals surface area contributed by atoms with Crippen molar-refractivity contribution < 1.29 is 9.59 Å². The minimum Gasteiger partial charge on any atom is -0.211 e. The maximum atomic E-state index is 9.77. The van der Waals surface area contributed by atoms with Gasteiger partial charge in [-0.2, -0.15) is 4.99 Å². The van der Waals surface area contributed by atoms with Crippen molar-refractivity contribution in [1.82, 2.24) is 0 Å². The molecular weight excluding hydrogens is 300 g/mol. The molecule has 1 aromatic rings. The summed E-state index contributed by atoms with van der Waals surface area (Å²) in [6.45, 7) is 2.92. The molecule has 0 spiro atoms. The number of isocyanates is 2. The fraction of sp³-hybridized carbons (Fsp3) is 0.600. The normalized spacial score (nSPS) is 9.21. The van der Waals surface area contributed by atoms with Crippen molar-refractivity contribution in [2.75, 3.05) is 6.54 Å². The standard InChI is InChI=1S/C13H25NO.C7H5NO/c1-2-3-4-5-6-7-8-9-10-11-12-14-13-15;9-6-8-7-4-2-1-3-5-7/h2-12H2,1H3;1-5H. The number of nitrogens with zero attached hydrogens (tertiary/aromatic N) is 2. The zero-order chi connectivity index (χ0) is 17.7. The molecule has 4 heteroatoms. The second-order valence-electron chi connectivity index (χ2n) is 5.69. The first kappa shape index (κ1) is 22.0. The zero-order valence-corrected chi connectivity index (χ0v) is 14.9. The third-order valence-corrected chi connectivity index (χ3v) is 3.62. The Balaban J connectivity index is 0.000000496. The van der Waals surface area contributed by atoms with Gasteiger partial charge in [0.15, 0.2) is 0 Å². The van der Waals surface area contributed by atoms with Crippen molar-refractivity contribution in [1.29, 1.82) is 0 Å². The Kier molecular flexibility index (Phi) is 17.4. The Bertz CT molecular complexity index is 476. The monoisotopic (exact) mass is 330 g/mol. The Labute approximate surface area is 146 Å². The molecule has 24 heavy (non-hydrogen) atoms. The van der Waals surface area contributed by atoms with Crippen molar-refractivity contribution >= 4 is 17.8 Å². The van der Waals surface area contributed by atoms with Crippen LogP contribution < -0.4 is 0 Å². The molecule has 0 aliphatic rings. The van der Waals surface area contributed by atoms with Gasteiger partial charge in [-0.25, -0.2) is 14.6 Å². The molecule has 0 N–H and O–H groups in total. The summed E-state index contributed by atoms with van der Waals surface area (Å²) in [5, 5.41) is 0. The first-order valence-corrected chi connectivity index (χ1v) is 9.01. The second kappa shape index (κ2) is 19.0. The van der Waals surface area contributed by atoms with Gasteiger partial charge in [0.1, 0.15) is 0 Å². The molecule has 0 aliphatic carbocycles. The van der Waals surface area contributed by atoms with Crippen LogP contribution in [0.5, 0.6) is 0 Å². The minimum atomic E-state index is 0.646. The smallest absolute Gasteiger partial charge is 0.211 e. The van der Waals surface area contributed by atoms with Crippen LogP contribution in [0.2, 0.25) is 0 Å². The van der Waals surface area contributed by atoms with E-state index in [0.29, 0.717) is 12.2 Å². The van der Waals surface area contributed by atoms with Gasteiger partial charge in [0.2, 0.25) is 12.2 Å². The summed E-state index contributed by atoms with van der Waals surface area (Å²) in [5.41, 5.74) is 0.646. The van der Waals surface area contributed by atoms with Crippen molar-refractivity contribution in [3.8, 4) is 0 Å². The van der Waals surface area contributed by atoms with Crippen molar-refractivity contribution in [2.45, 2.75) is 71.1 Å². The van der Waals surface area contributed by atoms with Gasteiger partial charge in [-0.05, 0) is 18.6 Å². The topological polar surface area (TPSA) is 58.9 Å². The van der Waals surface area contributed by atoms with Gasteiger partial charge in [0.25, 0.3) is 0 Å².